The van der Waals surface area contributed by atoms with Crippen molar-refractivity contribution in [2.45, 2.75) is 56.1 Å². The molecule has 3 heterocycles. The second-order valence-electron chi connectivity index (χ2n) is 4.88. The quantitative estimate of drug-likeness (QED) is 0.694. The maximum Gasteiger partial charge on any atom is 0.184 e. The van der Waals surface area contributed by atoms with Crippen LogP contribution < -0.4 is 0 Å². The molecule has 3 saturated heterocycles. The molecule has 7 atom stereocenters. The average Bonchev–Trinajstić information content (AvgIpc) is 2.85. The molecule has 108 valence electrons. The second kappa shape index (κ2) is 5.71. The lowest BCUT2D eigenvalue weighted by atomic mass is 9.98. The first-order chi connectivity index (χ1) is 9.72. The van der Waals surface area contributed by atoms with Crippen LogP contribution in [0.1, 0.15) is 12.8 Å². The lowest BCUT2D eigenvalue weighted by molar-refractivity contribution is -0.335. The average molecular weight is 280 g/mol. The molecular weight excluding hydrogens is 264 g/mol. The fraction of sp³-hybridized carbons (Fsp3) is 0.714. The molecule has 6 heteroatoms. The van der Waals surface area contributed by atoms with E-state index >= 15 is 0 Å². The molecule has 0 aromatic carbocycles. The molecule has 3 rings (SSSR count). The number of hydrogen-bond donors (Lipinski definition) is 1. The number of ether oxygens (including phenoxy) is 5. The molecular formula is C14H16O6. The maximum absolute atomic E-state index is 9.95. The Balaban J connectivity index is 1.73. The monoisotopic (exact) mass is 280 g/mol. The summed E-state index contributed by atoms with van der Waals surface area (Å²) in [5, 5.41) is 9.95. The lowest BCUT2D eigenvalue weighted by Gasteiger charge is -2.44. The summed E-state index contributed by atoms with van der Waals surface area (Å²) in [6.45, 7) is 0.292. The van der Waals surface area contributed by atoms with Crippen molar-refractivity contribution in [3.63, 3.8) is 0 Å². The number of hydrogen-bond acceptors (Lipinski definition) is 6. The highest BCUT2D eigenvalue weighted by Crippen LogP contribution is 2.36. The van der Waals surface area contributed by atoms with Gasteiger partial charge in [0, 0.05) is 0 Å². The molecule has 7 unspecified atom stereocenters. The molecule has 20 heavy (non-hydrogen) atoms. The standard InChI is InChI=1S/C14H16O6/c1-3-5-9-16-7-8-11(18-9)12-13(14(15)17-8)20-10(19-12)6-4-2/h1-2,8-15H,5-7H2. The first-order valence-electron chi connectivity index (χ1n) is 6.51. The van der Waals surface area contributed by atoms with Gasteiger partial charge in [-0.15, -0.1) is 24.7 Å². The number of fused-ring (bicyclic) bond motifs is 3. The molecule has 3 fully saturated rings. The normalized spacial score (nSPS) is 46.9. The van der Waals surface area contributed by atoms with Gasteiger partial charge < -0.3 is 28.8 Å². The molecule has 1 N–H and O–H groups in total. The van der Waals surface area contributed by atoms with Crippen molar-refractivity contribution in [2.24, 2.45) is 0 Å². The van der Waals surface area contributed by atoms with E-state index in [-0.39, 0.29) is 0 Å². The van der Waals surface area contributed by atoms with Crippen molar-refractivity contribution in [3.8, 4) is 24.7 Å². The van der Waals surface area contributed by atoms with Crippen molar-refractivity contribution in [1.82, 2.24) is 0 Å². The summed E-state index contributed by atoms with van der Waals surface area (Å²) in [5.41, 5.74) is 0. The van der Waals surface area contributed by atoms with Crippen LogP contribution in [0.15, 0.2) is 0 Å². The Hall–Kier alpha value is -1.12. The van der Waals surface area contributed by atoms with Gasteiger partial charge in [0.05, 0.1) is 19.4 Å². The van der Waals surface area contributed by atoms with Crippen LogP contribution in [0, 0.1) is 24.7 Å². The zero-order valence-electron chi connectivity index (χ0n) is 10.8. The van der Waals surface area contributed by atoms with E-state index in [1.54, 1.807) is 0 Å². The highest BCUT2D eigenvalue weighted by atomic mass is 16.8. The number of terminal acetylenes is 2. The summed E-state index contributed by atoms with van der Waals surface area (Å²) in [6.07, 6.45) is 7.19. The van der Waals surface area contributed by atoms with Crippen LogP contribution in [0.4, 0.5) is 0 Å². The van der Waals surface area contributed by atoms with Gasteiger partial charge >= 0.3 is 0 Å². The number of aliphatic hydroxyl groups excluding tert-OH is 1. The van der Waals surface area contributed by atoms with E-state index in [9.17, 15) is 5.11 Å². The Labute approximate surface area is 117 Å². The van der Waals surface area contributed by atoms with Gasteiger partial charge in [0.1, 0.15) is 24.4 Å². The number of rotatable bonds is 2. The Bertz CT molecular complexity index is 438. The largest absolute Gasteiger partial charge is 0.366 e. The van der Waals surface area contributed by atoms with Crippen LogP contribution in [0.2, 0.25) is 0 Å². The molecule has 0 saturated carbocycles. The Morgan fingerprint density at radius 3 is 2.30 bits per heavy atom. The van der Waals surface area contributed by atoms with Crippen molar-refractivity contribution < 1.29 is 28.8 Å². The van der Waals surface area contributed by atoms with Crippen molar-refractivity contribution in [2.75, 3.05) is 6.61 Å². The summed E-state index contributed by atoms with van der Waals surface area (Å²) in [6, 6.07) is 0. The fourth-order valence-corrected chi connectivity index (χ4v) is 2.69. The lowest BCUT2D eigenvalue weighted by Crippen LogP contribution is -2.61. The zero-order valence-corrected chi connectivity index (χ0v) is 10.8. The first kappa shape index (κ1) is 13.8. The van der Waals surface area contributed by atoms with Gasteiger partial charge in [-0.3, -0.25) is 0 Å². The van der Waals surface area contributed by atoms with Crippen LogP contribution >= 0.6 is 0 Å². The Morgan fingerprint density at radius 1 is 0.900 bits per heavy atom. The van der Waals surface area contributed by atoms with Crippen LogP contribution in [0.5, 0.6) is 0 Å². The highest BCUT2D eigenvalue weighted by Gasteiger charge is 2.55. The molecule has 0 spiro atoms. The third-order valence-electron chi connectivity index (χ3n) is 3.55. The molecule has 3 aliphatic heterocycles. The molecule has 0 radical (unpaired) electrons. The van der Waals surface area contributed by atoms with Gasteiger partial charge in [-0.2, -0.15) is 0 Å². The van der Waals surface area contributed by atoms with Crippen LogP contribution in [-0.2, 0) is 23.7 Å². The van der Waals surface area contributed by atoms with Crippen molar-refractivity contribution >= 4 is 0 Å². The molecule has 0 bridgehead atoms. The predicted molar refractivity (Wildman–Crippen MR) is 65.9 cm³/mol. The van der Waals surface area contributed by atoms with E-state index in [4.69, 9.17) is 36.5 Å². The first-order valence-corrected chi connectivity index (χ1v) is 6.51. The number of aliphatic hydroxyl groups is 1. The minimum absolute atomic E-state index is 0.292. The van der Waals surface area contributed by atoms with Gasteiger partial charge in [-0.25, -0.2) is 0 Å². The Morgan fingerprint density at radius 2 is 1.55 bits per heavy atom. The summed E-state index contributed by atoms with van der Waals surface area (Å²) in [7, 11) is 0. The van der Waals surface area contributed by atoms with Crippen LogP contribution in [0.3, 0.4) is 0 Å². The topological polar surface area (TPSA) is 66.4 Å². The minimum Gasteiger partial charge on any atom is -0.366 e. The third-order valence-corrected chi connectivity index (χ3v) is 3.55. The van der Waals surface area contributed by atoms with Crippen molar-refractivity contribution in [1.29, 1.82) is 0 Å². The van der Waals surface area contributed by atoms with Crippen LogP contribution in [-0.4, -0.2) is 55.0 Å². The summed E-state index contributed by atoms with van der Waals surface area (Å²) in [5.74, 6) is 4.96. The highest BCUT2D eigenvalue weighted by molar-refractivity contribution is 4.99. The van der Waals surface area contributed by atoms with E-state index in [1.165, 1.54) is 0 Å². The predicted octanol–water partition coefficient (Wildman–Crippen LogP) is -0.398. The van der Waals surface area contributed by atoms with Gasteiger partial charge in [-0.1, -0.05) is 0 Å². The van der Waals surface area contributed by atoms with Gasteiger partial charge in [0.25, 0.3) is 0 Å². The maximum atomic E-state index is 9.95. The molecule has 0 aromatic rings. The molecule has 0 aliphatic carbocycles. The molecule has 6 nitrogen and oxygen atoms in total. The SMILES string of the molecule is C#CCC1OCC2OC(O)C3OC(CC#C)OC3C2O1. The van der Waals surface area contributed by atoms with E-state index in [0.717, 1.165) is 0 Å². The van der Waals surface area contributed by atoms with E-state index in [1.807, 2.05) is 0 Å². The molecule has 0 amide bonds. The van der Waals surface area contributed by atoms with E-state index in [0.29, 0.717) is 19.4 Å². The Kier molecular flexibility index (Phi) is 3.95. The third kappa shape index (κ3) is 2.43. The minimum atomic E-state index is -1.08. The van der Waals surface area contributed by atoms with Crippen molar-refractivity contribution in [3.05, 3.63) is 0 Å². The molecule has 3 aliphatic rings. The zero-order chi connectivity index (χ0) is 14.1. The van der Waals surface area contributed by atoms with E-state index < -0.39 is 43.3 Å². The summed E-state index contributed by atoms with van der Waals surface area (Å²) in [4.78, 5) is 0. The van der Waals surface area contributed by atoms with Gasteiger partial charge in [0.2, 0.25) is 0 Å². The van der Waals surface area contributed by atoms with E-state index in [2.05, 4.69) is 11.8 Å². The van der Waals surface area contributed by atoms with Gasteiger partial charge in [-0.05, 0) is 0 Å². The fourth-order valence-electron chi connectivity index (χ4n) is 2.69. The second-order valence-corrected chi connectivity index (χ2v) is 4.88. The molecule has 0 aromatic heterocycles. The van der Waals surface area contributed by atoms with Crippen LogP contribution in [0.25, 0.3) is 0 Å². The smallest absolute Gasteiger partial charge is 0.184 e. The van der Waals surface area contributed by atoms with Gasteiger partial charge in [0.15, 0.2) is 18.9 Å². The summed E-state index contributed by atoms with van der Waals surface area (Å²) >= 11 is 0. The summed E-state index contributed by atoms with van der Waals surface area (Å²) < 4.78 is 27.9.